The van der Waals surface area contributed by atoms with Crippen LogP contribution in [0.25, 0.3) is 0 Å². The summed E-state index contributed by atoms with van der Waals surface area (Å²) in [4.78, 5) is 7.01. The summed E-state index contributed by atoms with van der Waals surface area (Å²) in [5.41, 5.74) is 0.982. The fourth-order valence-corrected chi connectivity index (χ4v) is 4.51. The SMILES string of the molecule is CN=C(NCC1CN2CCCC2CO1)NC1CC(C)(C)Oc2ccccc21. The first-order chi connectivity index (χ1) is 13.0. The summed E-state index contributed by atoms with van der Waals surface area (Å²) in [5, 5.41) is 7.06. The quantitative estimate of drug-likeness (QED) is 0.630. The van der Waals surface area contributed by atoms with Crippen LogP contribution in [-0.2, 0) is 4.74 Å². The van der Waals surface area contributed by atoms with Gasteiger partial charge in [0.15, 0.2) is 5.96 Å². The van der Waals surface area contributed by atoms with Crippen LogP contribution in [0.2, 0.25) is 0 Å². The maximum atomic E-state index is 6.13. The third-order valence-corrected chi connectivity index (χ3v) is 5.87. The molecule has 0 aromatic heterocycles. The number of nitrogens with one attached hydrogen (secondary N) is 2. The Morgan fingerprint density at radius 1 is 1.33 bits per heavy atom. The predicted molar refractivity (Wildman–Crippen MR) is 107 cm³/mol. The first-order valence-electron chi connectivity index (χ1n) is 10.1. The van der Waals surface area contributed by atoms with Gasteiger partial charge in [-0.05, 0) is 39.3 Å². The molecule has 1 aromatic carbocycles. The van der Waals surface area contributed by atoms with Gasteiger partial charge in [-0.1, -0.05) is 18.2 Å². The van der Waals surface area contributed by atoms with Crippen LogP contribution in [0.5, 0.6) is 5.75 Å². The largest absolute Gasteiger partial charge is 0.487 e. The predicted octanol–water partition coefficient (Wildman–Crippen LogP) is 2.32. The Morgan fingerprint density at radius 3 is 3.04 bits per heavy atom. The Labute approximate surface area is 162 Å². The van der Waals surface area contributed by atoms with Crippen LogP contribution >= 0.6 is 0 Å². The number of benzene rings is 1. The van der Waals surface area contributed by atoms with Crippen LogP contribution < -0.4 is 15.4 Å². The van der Waals surface area contributed by atoms with Gasteiger partial charge in [0.25, 0.3) is 0 Å². The third kappa shape index (κ3) is 4.22. The van der Waals surface area contributed by atoms with E-state index in [9.17, 15) is 0 Å². The maximum absolute atomic E-state index is 6.13. The van der Waals surface area contributed by atoms with Crippen molar-refractivity contribution >= 4 is 5.96 Å². The zero-order valence-electron chi connectivity index (χ0n) is 16.7. The van der Waals surface area contributed by atoms with E-state index in [1.54, 1.807) is 0 Å². The van der Waals surface area contributed by atoms with E-state index in [0.29, 0.717) is 6.04 Å². The molecule has 2 saturated heterocycles. The Bertz CT molecular complexity index is 691. The van der Waals surface area contributed by atoms with E-state index >= 15 is 0 Å². The van der Waals surface area contributed by atoms with Gasteiger partial charge in [0.1, 0.15) is 11.4 Å². The summed E-state index contributed by atoms with van der Waals surface area (Å²) in [5.74, 6) is 1.78. The number of rotatable bonds is 3. The summed E-state index contributed by atoms with van der Waals surface area (Å²) in [6.07, 6.45) is 3.69. The van der Waals surface area contributed by atoms with Crippen molar-refractivity contribution in [1.82, 2.24) is 15.5 Å². The van der Waals surface area contributed by atoms with Crippen LogP contribution in [0.15, 0.2) is 29.3 Å². The smallest absolute Gasteiger partial charge is 0.191 e. The number of morpholine rings is 1. The van der Waals surface area contributed by atoms with Crippen molar-refractivity contribution in [2.75, 3.05) is 33.3 Å². The van der Waals surface area contributed by atoms with Gasteiger partial charge in [0.2, 0.25) is 0 Å². The van der Waals surface area contributed by atoms with Gasteiger partial charge in [0, 0.05) is 38.2 Å². The number of para-hydroxylation sites is 1. The lowest BCUT2D eigenvalue weighted by Crippen LogP contribution is -2.52. The molecular formula is C21H32N4O2. The minimum atomic E-state index is -0.206. The fraction of sp³-hybridized carbons (Fsp3) is 0.667. The van der Waals surface area contributed by atoms with Crippen molar-refractivity contribution < 1.29 is 9.47 Å². The van der Waals surface area contributed by atoms with E-state index in [0.717, 1.165) is 37.8 Å². The highest BCUT2D eigenvalue weighted by molar-refractivity contribution is 5.80. The molecule has 0 saturated carbocycles. The number of ether oxygens (including phenoxy) is 2. The molecule has 0 bridgehead atoms. The second kappa shape index (κ2) is 7.68. The molecule has 4 rings (SSSR count). The first kappa shape index (κ1) is 18.6. The second-order valence-corrected chi connectivity index (χ2v) is 8.50. The number of hydrogen-bond donors (Lipinski definition) is 2. The molecule has 3 heterocycles. The molecule has 1 aromatic rings. The average molecular weight is 373 g/mol. The number of aliphatic imine (C=N–C) groups is 1. The Hall–Kier alpha value is -1.79. The minimum Gasteiger partial charge on any atom is -0.487 e. The lowest BCUT2D eigenvalue weighted by atomic mass is 9.90. The molecule has 0 radical (unpaired) electrons. The standard InChI is InChI=1S/C21H32N4O2/c1-21(2)11-18(17-8-4-5-9-19(17)27-21)24-20(22-3)23-12-16-13-25-10-6-7-15(25)14-26-16/h4-5,8-9,15-16,18H,6-7,10-14H2,1-3H3,(H2,22,23,24). The molecule has 3 aliphatic heterocycles. The van der Waals surface area contributed by atoms with Gasteiger partial charge >= 0.3 is 0 Å². The number of nitrogens with zero attached hydrogens (tertiary/aromatic N) is 2. The van der Waals surface area contributed by atoms with Crippen molar-refractivity contribution in [3.8, 4) is 5.75 Å². The Kier molecular flexibility index (Phi) is 5.28. The molecule has 0 spiro atoms. The first-order valence-corrected chi connectivity index (χ1v) is 10.1. The van der Waals surface area contributed by atoms with E-state index in [1.165, 1.54) is 24.9 Å². The highest BCUT2D eigenvalue weighted by atomic mass is 16.5. The molecule has 3 unspecified atom stereocenters. The summed E-state index contributed by atoms with van der Waals surface area (Å²) in [7, 11) is 1.82. The molecule has 3 aliphatic rings. The number of hydrogen-bond acceptors (Lipinski definition) is 4. The maximum Gasteiger partial charge on any atom is 0.191 e. The van der Waals surface area contributed by atoms with Gasteiger partial charge in [-0.2, -0.15) is 0 Å². The molecule has 0 amide bonds. The van der Waals surface area contributed by atoms with Crippen LogP contribution in [-0.4, -0.2) is 61.9 Å². The lowest BCUT2D eigenvalue weighted by Gasteiger charge is -2.38. The molecule has 6 heteroatoms. The van der Waals surface area contributed by atoms with E-state index in [1.807, 2.05) is 19.2 Å². The number of guanidine groups is 1. The average Bonchev–Trinajstić information content (AvgIpc) is 3.12. The highest BCUT2D eigenvalue weighted by Crippen LogP contribution is 2.39. The van der Waals surface area contributed by atoms with Crippen LogP contribution in [0.3, 0.4) is 0 Å². The monoisotopic (exact) mass is 372 g/mol. The van der Waals surface area contributed by atoms with Gasteiger partial charge in [0.05, 0.1) is 18.8 Å². The third-order valence-electron chi connectivity index (χ3n) is 5.87. The van der Waals surface area contributed by atoms with Gasteiger partial charge in [-0.15, -0.1) is 0 Å². The molecule has 6 nitrogen and oxygen atoms in total. The normalized spacial score (nSPS) is 30.2. The highest BCUT2D eigenvalue weighted by Gasteiger charge is 2.35. The molecule has 27 heavy (non-hydrogen) atoms. The lowest BCUT2D eigenvalue weighted by molar-refractivity contribution is -0.0453. The topological polar surface area (TPSA) is 58.1 Å². The fourth-order valence-electron chi connectivity index (χ4n) is 4.51. The number of fused-ring (bicyclic) bond motifs is 2. The van der Waals surface area contributed by atoms with E-state index < -0.39 is 0 Å². The molecule has 0 aliphatic carbocycles. The van der Waals surface area contributed by atoms with E-state index in [2.05, 4.69) is 46.5 Å². The summed E-state index contributed by atoms with van der Waals surface area (Å²) in [6, 6.07) is 9.08. The summed E-state index contributed by atoms with van der Waals surface area (Å²) >= 11 is 0. The van der Waals surface area contributed by atoms with Crippen LogP contribution in [0.1, 0.15) is 44.7 Å². The Morgan fingerprint density at radius 2 is 2.19 bits per heavy atom. The molecule has 148 valence electrons. The van der Waals surface area contributed by atoms with Gasteiger partial charge in [-0.25, -0.2) is 0 Å². The van der Waals surface area contributed by atoms with Crippen LogP contribution in [0.4, 0.5) is 0 Å². The van der Waals surface area contributed by atoms with Crippen molar-refractivity contribution in [2.45, 2.75) is 56.9 Å². The van der Waals surface area contributed by atoms with Crippen molar-refractivity contribution in [2.24, 2.45) is 4.99 Å². The van der Waals surface area contributed by atoms with Crippen molar-refractivity contribution in [1.29, 1.82) is 0 Å². The zero-order valence-corrected chi connectivity index (χ0v) is 16.7. The summed E-state index contributed by atoms with van der Waals surface area (Å²) in [6.45, 7) is 8.14. The van der Waals surface area contributed by atoms with Crippen molar-refractivity contribution in [3.05, 3.63) is 29.8 Å². The molecule has 2 N–H and O–H groups in total. The second-order valence-electron chi connectivity index (χ2n) is 8.50. The van der Waals surface area contributed by atoms with Gasteiger partial charge in [-0.3, -0.25) is 9.89 Å². The van der Waals surface area contributed by atoms with Crippen molar-refractivity contribution in [3.63, 3.8) is 0 Å². The zero-order chi connectivity index (χ0) is 18.9. The minimum absolute atomic E-state index is 0.173. The van der Waals surface area contributed by atoms with Gasteiger partial charge < -0.3 is 20.1 Å². The van der Waals surface area contributed by atoms with Crippen LogP contribution in [0, 0.1) is 0 Å². The Balaban J connectivity index is 1.36. The summed E-state index contributed by atoms with van der Waals surface area (Å²) < 4.78 is 12.2. The molecule has 3 atom stereocenters. The van der Waals surface area contributed by atoms with E-state index in [4.69, 9.17) is 9.47 Å². The van der Waals surface area contributed by atoms with E-state index in [-0.39, 0.29) is 17.7 Å². The molecule has 2 fully saturated rings. The molecular weight excluding hydrogens is 340 g/mol.